The molecule has 0 aromatic heterocycles. The third kappa shape index (κ3) is 5.39. The fraction of sp³-hybridized carbons (Fsp3) is 0.350. The van der Waals surface area contributed by atoms with Crippen molar-refractivity contribution >= 4 is 11.7 Å². The molecule has 0 bridgehead atoms. The molecule has 2 aromatic rings. The van der Waals surface area contributed by atoms with Gasteiger partial charge in [0, 0.05) is 18.7 Å². The van der Waals surface area contributed by atoms with E-state index in [1.165, 1.54) is 24.3 Å². The summed E-state index contributed by atoms with van der Waals surface area (Å²) in [6.45, 7) is 4.88. The number of nitro groups is 1. The first-order valence-electron chi connectivity index (χ1n) is 8.61. The van der Waals surface area contributed by atoms with Crippen molar-refractivity contribution in [3.8, 4) is 0 Å². The van der Waals surface area contributed by atoms with Gasteiger partial charge in [-0.25, -0.2) is 4.79 Å². The second kappa shape index (κ2) is 9.68. The van der Waals surface area contributed by atoms with Gasteiger partial charge in [-0.05, 0) is 37.0 Å². The molecule has 6 heteroatoms. The van der Waals surface area contributed by atoms with Gasteiger partial charge in [0.1, 0.15) is 0 Å². The molecule has 0 aliphatic carbocycles. The van der Waals surface area contributed by atoms with Crippen LogP contribution < -0.4 is 0 Å². The number of rotatable bonds is 9. The van der Waals surface area contributed by atoms with Crippen LogP contribution in [0.1, 0.15) is 42.3 Å². The predicted molar refractivity (Wildman–Crippen MR) is 98.0 cm³/mol. The number of nitrogens with zero attached hydrogens (tertiary/aromatic N) is 1. The van der Waals surface area contributed by atoms with Crippen molar-refractivity contribution in [3.63, 3.8) is 0 Å². The van der Waals surface area contributed by atoms with E-state index in [1.54, 1.807) is 0 Å². The number of nitro benzene ring substituents is 1. The molecule has 0 N–H and O–H groups in total. The molecule has 0 amide bonds. The third-order valence-corrected chi connectivity index (χ3v) is 4.11. The van der Waals surface area contributed by atoms with E-state index in [1.807, 2.05) is 37.3 Å². The van der Waals surface area contributed by atoms with Crippen LogP contribution in [-0.2, 0) is 9.47 Å². The number of carbonyl (C=O) groups excluding carboxylic acids is 1. The second-order valence-corrected chi connectivity index (χ2v) is 5.99. The first-order chi connectivity index (χ1) is 12.5. The molecule has 26 heavy (non-hydrogen) atoms. The van der Waals surface area contributed by atoms with E-state index < -0.39 is 10.9 Å². The highest BCUT2D eigenvalue weighted by molar-refractivity contribution is 5.89. The van der Waals surface area contributed by atoms with Crippen molar-refractivity contribution in [1.29, 1.82) is 0 Å². The van der Waals surface area contributed by atoms with Gasteiger partial charge in [-0.15, -0.1) is 0 Å². The van der Waals surface area contributed by atoms with E-state index in [0.29, 0.717) is 18.6 Å². The van der Waals surface area contributed by atoms with Crippen LogP contribution in [0.15, 0.2) is 54.6 Å². The van der Waals surface area contributed by atoms with Crippen LogP contribution >= 0.6 is 0 Å². The van der Waals surface area contributed by atoms with Crippen molar-refractivity contribution in [2.75, 3.05) is 13.2 Å². The van der Waals surface area contributed by atoms with Gasteiger partial charge in [-0.2, -0.15) is 0 Å². The molecular weight excluding hydrogens is 334 g/mol. The van der Waals surface area contributed by atoms with Crippen LogP contribution in [0.3, 0.4) is 0 Å². The van der Waals surface area contributed by atoms with E-state index in [-0.39, 0.29) is 24.3 Å². The fourth-order valence-corrected chi connectivity index (χ4v) is 2.70. The van der Waals surface area contributed by atoms with Crippen LogP contribution in [-0.4, -0.2) is 24.1 Å². The minimum absolute atomic E-state index is 0.0562. The van der Waals surface area contributed by atoms with Crippen molar-refractivity contribution in [2.24, 2.45) is 5.92 Å². The van der Waals surface area contributed by atoms with Gasteiger partial charge in [-0.3, -0.25) is 10.1 Å². The van der Waals surface area contributed by atoms with Gasteiger partial charge in [0.25, 0.3) is 5.69 Å². The zero-order chi connectivity index (χ0) is 18.9. The third-order valence-electron chi connectivity index (χ3n) is 4.11. The lowest BCUT2D eigenvalue weighted by molar-refractivity contribution is -0.384. The quantitative estimate of drug-likeness (QED) is 0.373. The topological polar surface area (TPSA) is 78.7 Å². The predicted octanol–water partition coefficient (Wildman–Crippen LogP) is 4.56. The zero-order valence-corrected chi connectivity index (χ0v) is 15.0. The van der Waals surface area contributed by atoms with E-state index in [2.05, 4.69) is 6.92 Å². The Morgan fingerprint density at radius 3 is 2.35 bits per heavy atom. The number of benzene rings is 2. The lowest BCUT2D eigenvalue weighted by atomic mass is 9.94. The highest BCUT2D eigenvalue weighted by Gasteiger charge is 2.20. The first kappa shape index (κ1) is 19.6. The summed E-state index contributed by atoms with van der Waals surface area (Å²) < 4.78 is 11.2. The molecule has 0 fully saturated rings. The lowest BCUT2D eigenvalue weighted by Gasteiger charge is -2.24. The Kier molecular flexibility index (Phi) is 7.29. The zero-order valence-electron chi connectivity index (χ0n) is 15.0. The highest BCUT2D eigenvalue weighted by atomic mass is 16.6. The van der Waals surface area contributed by atoms with Gasteiger partial charge in [-0.1, -0.05) is 37.3 Å². The summed E-state index contributed by atoms with van der Waals surface area (Å²) in [6.07, 6.45) is 0.595. The van der Waals surface area contributed by atoms with Crippen LogP contribution in [0, 0.1) is 16.0 Å². The van der Waals surface area contributed by atoms with Crippen molar-refractivity contribution in [2.45, 2.75) is 26.4 Å². The summed E-state index contributed by atoms with van der Waals surface area (Å²) in [5.74, 6) is -0.318. The summed E-state index contributed by atoms with van der Waals surface area (Å²) in [4.78, 5) is 22.2. The molecule has 0 radical (unpaired) electrons. The minimum Gasteiger partial charge on any atom is -0.462 e. The molecule has 0 spiro atoms. The molecule has 0 saturated carbocycles. The summed E-state index contributed by atoms with van der Waals surface area (Å²) in [5.41, 5.74) is 1.34. The Morgan fingerprint density at radius 2 is 1.77 bits per heavy atom. The Balaban J connectivity index is 1.88. The minimum atomic E-state index is -0.506. The summed E-state index contributed by atoms with van der Waals surface area (Å²) >= 11 is 0. The molecule has 0 unspecified atom stereocenters. The maximum atomic E-state index is 12.0. The van der Waals surface area contributed by atoms with Gasteiger partial charge >= 0.3 is 5.97 Å². The lowest BCUT2D eigenvalue weighted by Crippen LogP contribution is -2.17. The molecule has 2 aromatic carbocycles. The fourth-order valence-electron chi connectivity index (χ4n) is 2.70. The highest BCUT2D eigenvalue weighted by Crippen LogP contribution is 2.28. The summed E-state index contributed by atoms with van der Waals surface area (Å²) in [7, 11) is 0. The number of ether oxygens (including phenoxy) is 2. The van der Waals surface area contributed by atoms with Gasteiger partial charge in [0.05, 0.1) is 23.2 Å². The largest absolute Gasteiger partial charge is 0.462 e. The Hall–Kier alpha value is -2.73. The summed E-state index contributed by atoms with van der Waals surface area (Å²) in [6, 6.07) is 15.3. The molecule has 0 saturated heterocycles. The average molecular weight is 357 g/mol. The number of hydrogen-bond donors (Lipinski definition) is 0. The van der Waals surface area contributed by atoms with Crippen LogP contribution in [0.5, 0.6) is 0 Å². The normalized spacial score (nSPS) is 13.0. The monoisotopic (exact) mass is 357 g/mol. The van der Waals surface area contributed by atoms with Gasteiger partial charge in [0.2, 0.25) is 0 Å². The van der Waals surface area contributed by atoms with E-state index in [9.17, 15) is 14.9 Å². The van der Waals surface area contributed by atoms with Gasteiger partial charge < -0.3 is 9.47 Å². The van der Waals surface area contributed by atoms with E-state index in [4.69, 9.17) is 9.47 Å². The molecule has 2 atom stereocenters. The van der Waals surface area contributed by atoms with Crippen LogP contribution in [0.25, 0.3) is 0 Å². The molecule has 138 valence electrons. The standard InChI is InChI=1S/C20H23NO5/c1-3-25-19(16-7-5-4-6-8-16)15(2)13-14-26-20(22)17-9-11-18(12-10-17)21(23)24/h4-12,15,19H,3,13-14H2,1-2H3/t15-,19+/m0/s1. The van der Waals surface area contributed by atoms with Crippen LogP contribution in [0.4, 0.5) is 5.69 Å². The summed E-state index contributed by atoms with van der Waals surface area (Å²) in [5, 5.41) is 10.6. The Bertz CT molecular complexity index is 715. The molecule has 6 nitrogen and oxygen atoms in total. The van der Waals surface area contributed by atoms with Crippen molar-refractivity contribution < 1.29 is 19.2 Å². The second-order valence-electron chi connectivity index (χ2n) is 5.99. The van der Waals surface area contributed by atoms with Crippen molar-refractivity contribution in [3.05, 3.63) is 75.8 Å². The maximum absolute atomic E-state index is 12.0. The smallest absolute Gasteiger partial charge is 0.338 e. The molecule has 0 aliphatic heterocycles. The number of esters is 1. The number of non-ortho nitro benzene ring substituents is 1. The number of hydrogen-bond acceptors (Lipinski definition) is 5. The SMILES string of the molecule is CCO[C@@H](c1ccccc1)[C@@H](C)CCOC(=O)c1ccc([N+](=O)[O-])cc1. The molecule has 2 rings (SSSR count). The van der Waals surface area contributed by atoms with E-state index >= 15 is 0 Å². The van der Waals surface area contributed by atoms with Gasteiger partial charge in [0.15, 0.2) is 0 Å². The van der Waals surface area contributed by atoms with E-state index in [0.717, 1.165) is 5.56 Å². The molecule has 0 heterocycles. The Labute approximate surface area is 152 Å². The maximum Gasteiger partial charge on any atom is 0.338 e. The Morgan fingerprint density at radius 1 is 1.12 bits per heavy atom. The first-order valence-corrected chi connectivity index (χ1v) is 8.61. The average Bonchev–Trinajstić information content (AvgIpc) is 2.66. The molecule has 0 aliphatic rings. The molecular formula is C20H23NO5. The van der Waals surface area contributed by atoms with Crippen molar-refractivity contribution in [1.82, 2.24) is 0 Å². The van der Waals surface area contributed by atoms with Crippen LogP contribution in [0.2, 0.25) is 0 Å². The number of carbonyl (C=O) groups is 1.